The molecule has 1 aliphatic heterocycles. The molecule has 1 aromatic heterocycles. The molecule has 1 aliphatic rings. The zero-order chi connectivity index (χ0) is 32.0. The van der Waals surface area contributed by atoms with Crippen LogP contribution in [-0.4, -0.2) is 47.5 Å². The zero-order valence-corrected chi connectivity index (χ0v) is 25.2. The van der Waals surface area contributed by atoms with Crippen molar-refractivity contribution in [1.29, 1.82) is 0 Å². The third-order valence-electron chi connectivity index (χ3n) is 7.66. The quantitative estimate of drug-likeness (QED) is 0.243. The van der Waals surface area contributed by atoms with Crippen LogP contribution in [0.4, 0.5) is 18.9 Å². The maximum absolute atomic E-state index is 14.3. The van der Waals surface area contributed by atoms with Gasteiger partial charge < -0.3 is 10.4 Å². The van der Waals surface area contributed by atoms with E-state index in [4.69, 9.17) is 0 Å². The van der Waals surface area contributed by atoms with Crippen LogP contribution in [0.3, 0.4) is 0 Å². The molecule has 0 fully saturated rings. The number of hydrogen-bond donors (Lipinski definition) is 2. The predicted octanol–water partition coefficient (Wildman–Crippen LogP) is 6.14. The van der Waals surface area contributed by atoms with Crippen LogP contribution in [0, 0.1) is 0 Å². The third-order valence-corrected chi connectivity index (χ3v) is 9.56. The number of benzene rings is 3. The Kier molecular flexibility index (Phi) is 8.34. The molecule has 0 saturated heterocycles. The normalized spacial score (nSPS) is 16.7. The van der Waals surface area contributed by atoms with Gasteiger partial charge in [-0.25, -0.2) is 13.2 Å². The molecule has 0 amide bonds. The van der Waals surface area contributed by atoms with E-state index >= 15 is 0 Å². The number of carboxylic acid groups (broad SMARTS) is 1. The summed E-state index contributed by atoms with van der Waals surface area (Å²) in [6.45, 7) is 4.70. The van der Waals surface area contributed by atoms with Crippen molar-refractivity contribution < 1.29 is 31.5 Å². The van der Waals surface area contributed by atoms with Crippen molar-refractivity contribution in [3.63, 3.8) is 0 Å². The first kappa shape index (κ1) is 31.3. The van der Waals surface area contributed by atoms with Crippen LogP contribution in [0.25, 0.3) is 21.9 Å². The van der Waals surface area contributed by atoms with Crippen LogP contribution < -0.4 is 10.9 Å². The highest BCUT2D eigenvalue weighted by molar-refractivity contribution is 7.89. The second-order valence-corrected chi connectivity index (χ2v) is 13.0. The van der Waals surface area contributed by atoms with E-state index in [1.807, 2.05) is 42.5 Å². The smallest absolute Gasteiger partial charge is 0.416 e. The van der Waals surface area contributed by atoms with Crippen LogP contribution in [0.5, 0.6) is 0 Å². The maximum Gasteiger partial charge on any atom is 0.416 e. The monoisotopic (exact) mass is 627 g/mol. The van der Waals surface area contributed by atoms with Crippen molar-refractivity contribution in [2.24, 2.45) is 0 Å². The molecule has 1 unspecified atom stereocenters. The molecule has 0 saturated carbocycles. The van der Waals surface area contributed by atoms with Gasteiger partial charge in [-0.05, 0) is 59.9 Å². The second kappa shape index (κ2) is 11.7. The summed E-state index contributed by atoms with van der Waals surface area (Å²) >= 11 is 0. The van der Waals surface area contributed by atoms with Crippen molar-refractivity contribution in [2.45, 2.75) is 56.9 Å². The number of fused-ring (bicyclic) bond motifs is 2. The first-order chi connectivity index (χ1) is 20.8. The first-order valence-electron chi connectivity index (χ1n) is 14.2. The van der Waals surface area contributed by atoms with Gasteiger partial charge in [-0.1, -0.05) is 61.5 Å². The number of pyridine rings is 1. The Morgan fingerprint density at radius 3 is 2.41 bits per heavy atom. The van der Waals surface area contributed by atoms with E-state index in [2.05, 4.69) is 5.32 Å². The van der Waals surface area contributed by atoms with E-state index in [1.165, 1.54) is 12.1 Å². The number of nitrogens with one attached hydrogen (secondary N) is 1. The SMILES string of the molecule is CCCN1CC(C(=O)O)n2c(c(-c3cccc(C(F)(F)F)c3)c(Cc3cccc4ccccc34)c(NC(C)C)c2=O)S1(=O)=O. The van der Waals surface area contributed by atoms with Crippen LogP contribution >= 0.6 is 0 Å². The second-order valence-electron chi connectivity index (χ2n) is 11.1. The minimum atomic E-state index is -4.74. The fraction of sp³-hybridized carbons (Fsp3) is 0.312. The van der Waals surface area contributed by atoms with Crippen molar-refractivity contribution in [2.75, 3.05) is 18.4 Å². The Labute approximate surface area is 252 Å². The van der Waals surface area contributed by atoms with E-state index in [-0.39, 0.29) is 41.4 Å². The average Bonchev–Trinajstić information content (AvgIpc) is 2.96. The van der Waals surface area contributed by atoms with Gasteiger partial charge in [0.15, 0.2) is 5.03 Å². The molecule has 3 aromatic carbocycles. The molecule has 8 nitrogen and oxygen atoms in total. The summed E-state index contributed by atoms with van der Waals surface area (Å²) < 4.78 is 72.2. The minimum absolute atomic E-state index is 0.0217. The van der Waals surface area contributed by atoms with Crippen LogP contribution in [0.1, 0.15) is 49.9 Å². The maximum atomic E-state index is 14.3. The highest BCUT2D eigenvalue weighted by atomic mass is 32.2. The van der Waals surface area contributed by atoms with Crippen LogP contribution in [-0.2, 0) is 27.4 Å². The topological polar surface area (TPSA) is 109 Å². The fourth-order valence-corrected chi connectivity index (χ4v) is 7.76. The lowest BCUT2D eigenvalue weighted by Gasteiger charge is -2.36. The van der Waals surface area contributed by atoms with Gasteiger partial charge in [-0.15, -0.1) is 0 Å². The summed E-state index contributed by atoms with van der Waals surface area (Å²) in [6.07, 6.45) is -4.41. The largest absolute Gasteiger partial charge is 0.480 e. The Hall–Kier alpha value is -4.16. The van der Waals surface area contributed by atoms with Crippen molar-refractivity contribution in [3.8, 4) is 11.1 Å². The average molecular weight is 628 g/mol. The summed E-state index contributed by atoms with van der Waals surface area (Å²) in [5.74, 6) is -1.43. The number of nitrogens with zero attached hydrogens (tertiary/aromatic N) is 2. The number of sulfonamides is 1. The van der Waals surface area contributed by atoms with Gasteiger partial charge in [0.1, 0.15) is 11.7 Å². The number of anilines is 1. The molecule has 4 aromatic rings. The highest BCUT2D eigenvalue weighted by Gasteiger charge is 2.44. The van der Waals surface area contributed by atoms with Gasteiger partial charge in [0, 0.05) is 31.1 Å². The molecule has 44 heavy (non-hydrogen) atoms. The summed E-state index contributed by atoms with van der Waals surface area (Å²) in [5, 5.41) is 14.4. The first-order valence-corrected chi connectivity index (χ1v) is 15.6. The van der Waals surface area contributed by atoms with Crippen LogP contribution in [0.2, 0.25) is 0 Å². The Morgan fingerprint density at radius 1 is 1.07 bits per heavy atom. The Bertz CT molecular complexity index is 1910. The lowest BCUT2D eigenvalue weighted by Crippen LogP contribution is -2.50. The summed E-state index contributed by atoms with van der Waals surface area (Å²) in [4.78, 5) is 26.8. The molecule has 2 N–H and O–H groups in total. The van der Waals surface area contributed by atoms with Gasteiger partial charge in [-0.3, -0.25) is 9.36 Å². The summed E-state index contributed by atoms with van der Waals surface area (Å²) in [6, 6.07) is 15.3. The number of carbonyl (C=O) groups is 1. The standard InChI is InChI=1S/C32H32F3N3O5S/c1-4-15-37-18-26(31(40)41)38-29(39)28(36-19(2)3)25(17-21-11-7-10-20-9-5-6-14-24(20)21)27(30(38)44(37,42)43)22-12-8-13-23(16-22)32(33,34)35/h5-14,16,19,26,36H,4,15,17-18H2,1-3H3,(H,40,41). The van der Waals surface area contributed by atoms with Crippen molar-refractivity contribution in [3.05, 3.63) is 93.8 Å². The van der Waals surface area contributed by atoms with Crippen molar-refractivity contribution in [1.82, 2.24) is 8.87 Å². The van der Waals surface area contributed by atoms with E-state index < -0.39 is 50.9 Å². The molecule has 0 spiro atoms. The number of carboxylic acids is 1. The number of alkyl halides is 3. The van der Waals surface area contributed by atoms with Gasteiger partial charge in [0.05, 0.1) is 5.56 Å². The number of rotatable bonds is 8. The molecule has 0 bridgehead atoms. The number of aromatic nitrogens is 1. The third kappa shape index (κ3) is 5.59. The van der Waals surface area contributed by atoms with E-state index in [9.17, 15) is 36.3 Å². The zero-order valence-electron chi connectivity index (χ0n) is 24.4. The van der Waals surface area contributed by atoms with Crippen LogP contribution in [0.15, 0.2) is 76.6 Å². The summed E-state index contributed by atoms with van der Waals surface area (Å²) in [5.41, 5.74) is -1.31. The molecule has 1 atom stereocenters. The van der Waals surface area contributed by atoms with Gasteiger partial charge in [0.2, 0.25) is 0 Å². The Morgan fingerprint density at radius 2 is 1.75 bits per heavy atom. The lowest BCUT2D eigenvalue weighted by atomic mass is 9.91. The lowest BCUT2D eigenvalue weighted by molar-refractivity contribution is -0.141. The number of halogens is 3. The molecular weight excluding hydrogens is 595 g/mol. The minimum Gasteiger partial charge on any atom is -0.480 e. The van der Waals surface area contributed by atoms with Gasteiger partial charge >= 0.3 is 12.1 Å². The van der Waals surface area contributed by atoms with Crippen molar-refractivity contribution >= 4 is 32.5 Å². The molecule has 12 heteroatoms. The highest BCUT2D eigenvalue weighted by Crippen LogP contribution is 2.42. The van der Waals surface area contributed by atoms with E-state index in [0.717, 1.165) is 31.8 Å². The van der Waals surface area contributed by atoms with E-state index in [0.29, 0.717) is 12.0 Å². The molecule has 0 aliphatic carbocycles. The summed E-state index contributed by atoms with van der Waals surface area (Å²) in [7, 11) is -4.54. The molecule has 0 radical (unpaired) electrons. The van der Waals surface area contributed by atoms with Gasteiger partial charge in [0.25, 0.3) is 15.6 Å². The molecular formula is C32H32F3N3O5S. The molecule has 5 rings (SSSR count). The Balaban J connectivity index is 1.98. The van der Waals surface area contributed by atoms with Gasteiger partial charge in [-0.2, -0.15) is 17.5 Å². The fourth-order valence-electron chi connectivity index (χ4n) is 5.80. The number of hydrogen-bond acceptors (Lipinski definition) is 5. The van der Waals surface area contributed by atoms with E-state index in [1.54, 1.807) is 20.8 Å². The molecule has 232 valence electrons. The molecule has 2 heterocycles. The number of aliphatic carboxylic acids is 1. The predicted molar refractivity (Wildman–Crippen MR) is 162 cm³/mol.